The molecule has 0 aromatic heterocycles. The molecule has 0 spiro atoms. The molecular formula is C12H16Cl2N4O2. The topological polar surface area (TPSA) is 82.3 Å². The van der Waals surface area contributed by atoms with E-state index in [9.17, 15) is 9.59 Å². The lowest BCUT2D eigenvalue weighted by molar-refractivity contribution is 0.240. The highest BCUT2D eigenvalue weighted by Crippen LogP contribution is 2.25. The Kier molecular flexibility index (Phi) is 6.97. The first kappa shape index (κ1) is 16.4. The average Bonchev–Trinajstić information content (AvgIpc) is 2.39. The van der Waals surface area contributed by atoms with Crippen LogP contribution in [-0.2, 0) is 0 Å². The summed E-state index contributed by atoms with van der Waals surface area (Å²) in [6, 6.07) is 4.08. The van der Waals surface area contributed by atoms with Gasteiger partial charge in [-0.2, -0.15) is 0 Å². The van der Waals surface area contributed by atoms with Gasteiger partial charge >= 0.3 is 12.1 Å². The highest BCUT2D eigenvalue weighted by atomic mass is 35.5. The van der Waals surface area contributed by atoms with E-state index in [0.717, 1.165) is 0 Å². The van der Waals surface area contributed by atoms with E-state index in [1.165, 1.54) is 0 Å². The molecule has 0 radical (unpaired) electrons. The zero-order chi connectivity index (χ0) is 15.0. The Morgan fingerprint density at radius 3 is 2.35 bits per heavy atom. The van der Waals surface area contributed by atoms with Gasteiger partial charge in [-0.3, -0.25) is 0 Å². The molecule has 0 aliphatic rings. The number of carbonyl (C=O) groups excluding carboxylic acids is 2. The first-order valence-corrected chi connectivity index (χ1v) is 6.80. The predicted molar refractivity (Wildman–Crippen MR) is 80.6 cm³/mol. The Balaban J connectivity index is 2.30. The summed E-state index contributed by atoms with van der Waals surface area (Å²) in [5.41, 5.74) is 0.424. The summed E-state index contributed by atoms with van der Waals surface area (Å²) < 4.78 is 0. The second kappa shape index (κ2) is 8.50. The molecule has 0 heterocycles. The molecule has 4 amide bonds. The van der Waals surface area contributed by atoms with Crippen LogP contribution in [0.3, 0.4) is 0 Å². The van der Waals surface area contributed by atoms with Crippen molar-refractivity contribution in [2.75, 3.05) is 25.0 Å². The van der Waals surface area contributed by atoms with Crippen molar-refractivity contribution in [3.05, 3.63) is 28.2 Å². The minimum absolute atomic E-state index is 0.271. The predicted octanol–water partition coefficient (Wildman–Crippen LogP) is 2.43. The van der Waals surface area contributed by atoms with Crippen LogP contribution in [0.15, 0.2) is 18.2 Å². The Morgan fingerprint density at radius 1 is 1.05 bits per heavy atom. The zero-order valence-electron chi connectivity index (χ0n) is 10.9. The molecule has 0 saturated heterocycles. The second-order valence-corrected chi connectivity index (χ2v) is 4.63. The van der Waals surface area contributed by atoms with E-state index < -0.39 is 6.03 Å². The molecule has 8 heteroatoms. The molecule has 4 N–H and O–H groups in total. The van der Waals surface area contributed by atoms with Crippen LogP contribution in [0.25, 0.3) is 0 Å². The molecule has 20 heavy (non-hydrogen) atoms. The molecule has 1 rings (SSSR count). The number of halogens is 2. The van der Waals surface area contributed by atoms with Gasteiger partial charge < -0.3 is 21.3 Å². The summed E-state index contributed by atoms with van der Waals surface area (Å²) in [6.45, 7) is 2.98. The average molecular weight is 319 g/mol. The van der Waals surface area contributed by atoms with E-state index in [1.807, 2.05) is 6.92 Å². The fourth-order valence-corrected chi connectivity index (χ4v) is 1.67. The summed E-state index contributed by atoms with van der Waals surface area (Å²) in [5.74, 6) is 0. The summed E-state index contributed by atoms with van der Waals surface area (Å²) in [7, 11) is 0. The van der Waals surface area contributed by atoms with Gasteiger partial charge in [0.2, 0.25) is 0 Å². The molecule has 6 nitrogen and oxygen atoms in total. The van der Waals surface area contributed by atoms with E-state index in [-0.39, 0.29) is 6.03 Å². The number of nitrogens with one attached hydrogen (secondary N) is 4. The monoisotopic (exact) mass is 318 g/mol. The van der Waals surface area contributed by atoms with Crippen molar-refractivity contribution in [1.82, 2.24) is 16.0 Å². The number of carbonyl (C=O) groups is 2. The van der Waals surface area contributed by atoms with E-state index in [0.29, 0.717) is 35.4 Å². The molecule has 0 fully saturated rings. The van der Waals surface area contributed by atoms with Crippen molar-refractivity contribution in [3.8, 4) is 0 Å². The Labute approximate surface area is 127 Å². The summed E-state index contributed by atoms with van der Waals surface area (Å²) in [4.78, 5) is 22.7. The maximum absolute atomic E-state index is 11.6. The van der Waals surface area contributed by atoms with E-state index in [1.54, 1.807) is 18.2 Å². The van der Waals surface area contributed by atoms with Crippen molar-refractivity contribution < 1.29 is 9.59 Å². The summed E-state index contributed by atoms with van der Waals surface area (Å²) in [6.07, 6.45) is 0. The van der Waals surface area contributed by atoms with Crippen LogP contribution >= 0.6 is 23.2 Å². The van der Waals surface area contributed by atoms with Gasteiger partial charge in [-0.15, -0.1) is 0 Å². The number of hydrogen-bond acceptors (Lipinski definition) is 2. The zero-order valence-corrected chi connectivity index (χ0v) is 12.4. The summed E-state index contributed by atoms with van der Waals surface area (Å²) in [5, 5.41) is 11.2. The van der Waals surface area contributed by atoms with Gasteiger partial charge in [-0.25, -0.2) is 9.59 Å². The van der Waals surface area contributed by atoms with Crippen LogP contribution < -0.4 is 21.3 Å². The van der Waals surface area contributed by atoms with Crippen molar-refractivity contribution in [2.45, 2.75) is 6.92 Å². The number of rotatable bonds is 5. The fourth-order valence-electron chi connectivity index (χ4n) is 1.33. The molecular weight excluding hydrogens is 303 g/mol. The molecule has 0 bridgehead atoms. The quantitative estimate of drug-likeness (QED) is 0.629. The molecule has 0 atom stereocenters. The van der Waals surface area contributed by atoms with Gasteiger partial charge in [0, 0.05) is 24.7 Å². The number of anilines is 1. The first-order valence-electron chi connectivity index (χ1n) is 6.04. The molecule has 1 aromatic rings. The number of hydrogen-bond donors (Lipinski definition) is 4. The van der Waals surface area contributed by atoms with E-state index >= 15 is 0 Å². The van der Waals surface area contributed by atoms with Gasteiger partial charge in [0.25, 0.3) is 0 Å². The van der Waals surface area contributed by atoms with Crippen molar-refractivity contribution >= 4 is 41.0 Å². The van der Waals surface area contributed by atoms with E-state index in [4.69, 9.17) is 23.2 Å². The van der Waals surface area contributed by atoms with Gasteiger partial charge in [-0.1, -0.05) is 23.2 Å². The number of benzene rings is 1. The molecule has 0 unspecified atom stereocenters. The van der Waals surface area contributed by atoms with Gasteiger partial charge in [0.15, 0.2) is 0 Å². The smallest absolute Gasteiger partial charge is 0.319 e. The number of urea groups is 2. The third-order valence-electron chi connectivity index (χ3n) is 2.21. The third kappa shape index (κ3) is 5.99. The van der Waals surface area contributed by atoms with Crippen LogP contribution in [0.4, 0.5) is 15.3 Å². The fraction of sp³-hybridized carbons (Fsp3) is 0.333. The van der Waals surface area contributed by atoms with Crippen LogP contribution in [0, 0.1) is 0 Å². The second-order valence-electron chi connectivity index (χ2n) is 3.79. The summed E-state index contributed by atoms with van der Waals surface area (Å²) >= 11 is 11.7. The minimum Gasteiger partial charge on any atom is -0.338 e. The third-order valence-corrected chi connectivity index (χ3v) is 2.77. The Hall–Kier alpha value is -1.66. The van der Waals surface area contributed by atoms with Crippen LogP contribution in [0.2, 0.25) is 10.0 Å². The lowest BCUT2D eigenvalue weighted by Crippen LogP contribution is -2.41. The minimum atomic E-state index is -0.424. The molecule has 0 aliphatic carbocycles. The largest absolute Gasteiger partial charge is 0.338 e. The highest BCUT2D eigenvalue weighted by molar-refractivity contribution is 6.35. The van der Waals surface area contributed by atoms with Crippen LogP contribution in [-0.4, -0.2) is 31.7 Å². The standard InChI is InChI=1S/C12H16Cl2N4O2/c1-2-15-11(19)16-5-6-17-12(20)18-10-7-8(13)3-4-9(10)14/h3-4,7H,2,5-6H2,1H3,(H2,15,16,19)(H2,17,18,20). The molecule has 0 saturated carbocycles. The number of amides is 4. The van der Waals surface area contributed by atoms with Gasteiger partial charge in [0.05, 0.1) is 10.7 Å². The lowest BCUT2D eigenvalue weighted by atomic mass is 10.3. The van der Waals surface area contributed by atoms with Crippen LogP contribution in [0.1, 0.15) is 6.92 Å². The van der Waals surface area contributed by atoms with Crippen molar-refractivity contribution in [3.63, 3.8) is 0 Å². The molecule has 1 aromatic carbocycles. The van der Waals surface area contributed by atoms with E-state index in [2.05, 4.69) is 21.3 Å². The van der Waals surface area contributed by atoms with Crippen LogP contribution in [0.5, 0.6) is 0 Å². The lowest BCUT2D eigenvalue weighted by Gasteiger charge is -2.10. The Bertz CT molecular complexity index is 483. The van der Waals surface area contributed by atoms with Gasteiger partial charge in [0.1, 0.15) is 0 Å². The van der Waals surface area contributed by atoms with Crippen molar-refractivity contribution in [2.24, 2.45) is 0 Å². The Morgan fingerprint density at radius 2 is 1.70 bits per heavy atom. The van der Waals surface area contributed by atoms with Gasteiger partial charge in [-0.05, 0) is 25.1 Å². The molecule has 110 valence electrons. The highest BCUT2D eigenvalue weighted by Gasteiger charge is 2.06. The first-order chi connectivity index (χ1) is 9.52. The normalized spacial score (nSPS) is 9.75. The van der Waals surface area contributed by atoms with Crippen molar-refractivity contribution in [1.29, 1.82) is 0 Å². The maximum Gasteiger partial charge on any atom is 0.319 e. The SMILES string of the molecule is CCNC(=O)NCCNC(=O)Nc1cc(Cl)ccc1Cl. The molecule has 0 aliphatic heterocycles. The maximum atomic E-state index is 11.6.